The van der Waals surface area contributed by atoms with Crippen LogP contribution in [0.1, 0.15) is 32.3 Å². The van der Waals surface area contributed by atoms with Gasteiger partial charge in [-0.05, 0) is 31.4 Å². The standard InChI is InChI=1S/C11H16O2.C2H6O/c1-3-4-6-9-7-5-8-10(13-2)11(9)12;1-2-3/h5,7-8,12H,3-4,6H2,1-2H3;3H,2H2,1H3. The van der Waals surface area contributed by atoms with E-state index in [1.54, 1.807) is 20.1 Å². The van der Waals surface area contributed by atoms with Gasteiger partial charge in [0.05, 0.1) is 7.11 Å². The normalized spacial score (nSPS) is 9.25. The average Bonchev–Trinajstić information content (AvgIpc) is 2.29. The van der Waals surface area contributed by atoms with Crippen molar-refractivity contribution in [2.24, 2.45) is 0 Å². The third-order valence-electron chi connectivity index (χ3n) is 2.10. The first-order chi connectivity index (χ1) is 7.71. The number of hydrogen-bond donors (Lipinski definition) is 2. The summed E-state index contributed by atoms with van der Waals surface area (Å²) < 4.78 is 5.02. The van der Waals surface area contributed by atoms with Crippen LogP contribution in [0.15, 0.2) is 18.2 Å². The topological polar surface area (TPSA) is 49.7 Å². The summed E-state index contributed by atoms with van der Waals surface area (Å²) in [6.45, 7) is 4.07. The molecule has 0 aliphatic carbocycles. The van der Waals surface area contributed by atoms with E-state index in [0.29, 0.717) is 11.5 Å². The van der Waals surface area contributed by atoms with Gasteiger partial charge in [-0.3, -0.25) is 0 Å². The number of rotatable bonds is 4. The molecule has 0 heterocycles. The first-order valence-corrected chi connectivity index (χ1v) is 5.66. The Morgan fingerprint density at radius 1 is 1.25 bits per heavy atom. The fraction of sp³-hybridized carbons (Fsp3) is 0.538. The highest BCUT2D eigenvalue weighted by Gasteiger charge is 2.05. The Morgan fingerprint density at radius 3 is 2.38 bits per heavy atom. The number of phenols is 1. The second-order valence-electron chi connectivity index (χ2n) is 3.39. The van der Waals surface area contributed by atoms with Crippen LogP contribution in [0.2, 0.25) is 0 Å². The van der Waals surface area contributed by atoms with Gasteiger partial charge < -0.3 is 14.9 Å². The lowest BCUT2D eigenvalue weighted by atomic mass is 10.1. The Hall–Kier alpha value is -1.22. The zero-order valence-corrected chi connectivity index (χ0v) is 10.4. The Labute approximate surface area is 97.7 Å². The molecular weight excluding hydrogens is 204 g/mol. The molecule has 0 saturated heterocycles. The van der Waals surface area contributed by atoms with Crippen LogP contribution in [0.4, 0.5) is 0 Å². The van der Waals surface area contributed by atoms with Crippen molar-refractivity contribution in [2.75, 3.05) is 13.7 Å². The quantitative estimate of drug-likeness (QED) is 0.830. The fourth-order valence-corrected chi connectivity index (χ4v) is 1.30. The van der Waals surface area contributed by atoms with Crippen molar-refractivity contribution >= 4 is 0 Å². The molecule has 0 aromatic heterocycles. The first kappa shape index (κ1) is 14.8. The molecule has 0 unspecified atom stereocenters. The number of aliphatic hydroxyl groups excluding tert-OH is 1. The van der Waals surface area contributed by atoms with Crippen LogP contribution < -0.4 is 4.74 Å². The smallest absolute Gasteiger partial charge is 0.160 e. The Kier molecular flexibility index (Phi) is 8.35. The minimum Gasteiger partial charge on any atom is -0.504 e. The molecule has 0 amide bonds. The third-order valence-corrected chi connectivity index (χ3v) is 2.10. The molecule has 16 heavy (non-hydrogen) atoms. The monoisotopic (exact) mass is 226 g/mol. The maximum atomic E-state index is 9.69. The zero-order valence-electron chi connectivity index (χ0n) is 10.4. The van der Waals surface area contributed by atoms with Crippen LogP contribution in [0.3, 0.4) is 0 Å². The van der Waals surface area contributed by atoms with Gasteiger partial charge in [-0.25, -0.2) is 0 Å². The number of ether oxygens (including phenoxy) is 1. The molecule has 0 aliphatic heterocycles. The van der Waals surface area contributed by atoms with Crippen molar-refractivity contribution < 1.29 is 14.9 Å². The number of para-hydroxylation sites is 1. The van der Waals surface area contributed by atoms with Gasteiger partial charge in [0.25, 0.3) is 0 Å². The van der Waals surface area contributed by atoms with Crippen molar-refractivity contribution in [3.8, 4) is 11.5 Å². The van der Waals surface area contributed by atoms with Crippen molar-refractivity contribution in [1.82, 2.24) is 0 Å². The lowest BCUT2D eigenvalue weighted by molar-refractivity contribution is 0.318. The maximum Gasteiger partial charge on any atom is 0.160 e. The molecule has 1 rings (SSSR count). The molecular formula is C13H22O3. The van der Waals surface area contributed by atoms with E-state index in [1.165, 1.54) is 0 Å². The molecule has 0 saturated carbocycles. The summed E-state index contributed by atoms with van der Waals surface area (Å²) in [7, 11) is 1.57. The summed E-state index contributed by atoms with van der Waals surface area (Å²) in [6.07, 6.45) is 3.15. The molecule has 0 aliphatic rings. The number of aromatic hydroxyl groups is 1. The number of aryl methyl sites for hydroxylation is 1. The highest BCUT2D eigenvalue weighted by molar-refractivity contribution is 5.45. The van der Waals surface area contributed by atoms with E-state index in [0.717, 1.165) is 24.8 Å². The van der Waals surface area contributed by atoms with Crippen LogP contribution in [-0.4, -0.2) is 23.9 Å². The fourth-order valence-electron chi connectivity index (χ4n) is 1.30. The predicted octanol–water partition coefficient (Wildman–Crippen LogP) is 2.74. The van der Waals surface area contributed by atoms with Gasteiger partial charge in [0.15, 0.2) is 11.5 Å². The summed E-state index contributed by atoms with van der Waals surface area (Å²) in [4.78, 5) is 0. The molecule has 1 aromatic rings. The molecule has 0 spiro atoms. The van der Waals surface area contributed by atoms with Gasteiger partial charge in [-0.15, -0.1) is 0 Å². The van der Waals surface area contributed by atoms with E-state index in [4.69, 9.17) is 9.84 Å². The van der Waals surface area contributed by atoms with Gasteiger partial charge in [0.1, 0.15) is 0 Å². The van der Waals surface area contributed by atoms with Gasteiger partial charge in [-0.2, -0.15) is 0 Å². The first-order valence-electron chi connectivity index (χ1n) is 5.66. The Morgan fingerprint density at radius 2 is 1.88 bits per heavy atom. The largest absolute Gasteiger partial charge is 0.504 e. The second kappa shape index (κ2) is 9.04. The van der Waals surface area contributed by atoms with Crippen LogP contribution in [0.25, 0.3) is 0 Å². The maximum absolute atomic E-state index is 9.69. The summed E-state index contributed by atoms with van der Waals surface area (Å²) in [5, 5.41) is 17.3. The van der Waals surface area contributed by atoms with Crippen LogP contribution in [-0.2, 0) is 6.42 Å². The highest BCUT2D eigenvalue weighted by atomic mass is 16.5. The zero-order chi connectivity index (χ0) is 12.4. The molecule has 0 radical (unpaired) electrons. The number of methoxy groups -OCH3 is 1. The Balaban J connectivity index is 0.000000673. The van der Waals surface area contributed by atoms with Gasteiger partial charge in [0.2, 0.25) is 0 Å². The summed E-state index contributed by atoms with van der Waals surface area (Å²) >= 11 is 0. The Bertz CT molecular complexity index is 285. The minimum absolute atomic E-state index is 0.250. The predicted molar refractivity (Wildman–Crippen MR) is 66.0 cm³/mol. The van der Waals surface area contributed by atoms with Gasteiger partial charge in [0, 0.05) is 6.61 Å². The van der Waals surface area contributed by atoms with Crippen molar-refractivity contribution in [2.45, 2.75) is 33.1 Å². The lowest BCUT2D eigenvalue weighted by Crippen LogP contribution is -1.89. The average molecular weight is 226 g/mol. The molecule has 3 nitrogen and oxygen atoms in total. The lowest BCUT2D eigenvalue weighted by Gasteiger charge is -2.07. The number of unbranched alkanes of at least 4 members (excludes halogenated alkanes) is 1. The number of aliphatic hydroxyl groups is 1. The van der Waals surface area contributed by atoms with Gasteiger partial charge >= 0.3 is 0 Å². The van der Waals surface area contributed by atoms with Crippen LogP contribution in [0.5, 0.6) is 11.5 Å². The van der Waals surface area contributed by atoms with Gasteiger partial charge in [-0.1, -0.05) is 25.5 Å². The number of benzene rings is 1. The minimum atomic E-state index is 0.250. The summed E-state index contributed by atoms with van der Waals surface area (Å²) in [6, 6.07) is 5.61. The molecule has 3 heteroatoms. The molecule has 0 bridgehead atoms. The molecule has 92 valence electrons. The molecule has 2 N–H and O–H groups in total. The molecule has 0 atom stereocenters. The van der Waals surface area contributed by atoms with E-state index in [1.807, 2.05) is 12.1 Å². The van der Waals surface area contributed by atoms with E-state index in [9.17, 15) is 5.11 Å². The van der Waals surface area contributed by atoms with Crippen molar-refractivity contribution in [3.05, 3.63) is 23.8 Å². The van der Waals surface area contributed by atoms with Crippen LogP contribution >= 0.6 is 0 Å². The van der Waals surface area contributed by atoms with E-state index >= 15 is 0 Å². The van der Waals surface area contributed by atoms with Crippen LogP contribution in [0, 0.1) is 0 Å². The van der Waals surface area contributed by atoms with E-state index in [-0.39, 0.29) is 6.61 Å². The van der Waals surface area contributed by atoms with E-state index < -0.39 is 0 Å². The second-order valence-corrected chi connectivity index (χ2v) is 3.39. The molecule has 1 aromatic carbocycles. The number of hydrogen-bond acceptors (Lipinski definition) is 3. The third kappa shape index (κ3) is 5.03. The highest BCUT2D eigenvalue weighted by Crippen LogP contribution is 2.30. The summed E-state index contributed by atoms with van der Waals surface area (Å²) in [5.41, 5.74) is 0.973. The SMILES string of the molecule is CCCCc1cccc(OC)c1O.CCO. The van der Waals surface area contributed by atoms with E-state index in [2.05, 4.69) is 6.92 Å². The van der Waals surface area contributed by atoms with Crippen molar-refractivity contribution in [3.63, 3.8) is 0 Å². The number of phenolic OH excluding ortho intramolecular Hbond substituents is 1. The molecule has 0 fully saturated rings. The summed E-state index contributed by atoms with van der Waals surface area (Å²) in [5.74, 6) is 0.854. The van der Waals surface area contributed by atoms with Crippen molar-refractivity contribution in [1.29, 1.82) is 0 Å².